The van der Waals surface area contributed by atoms with Crippen LogP contribution in [0.2, 0.25) is 0 Å². The molecule has 0 aliphatic heterocycles. The number of rotatable bonds is 7. The smallest absolute Gasteiger partial charge is 0.341 e. The summed E-state index contributed by atoms with van der Waals surface area (Å²) in [5.41, 5.74) is 3.26. The molecule has 4 rings (SSSR count). The van der Waals surface area contributed by atoms with Crippen molar-refractivity contribution in [3.05, 3.63) is 63.7 Å². The highest BCUT2D eigenvalue weighted by Gasteiger charge is 2.40. The number of thiophene rings is 1. The summed E-state index contributed by atoms with van der Waals surface area (Å²) < 4.78 is 10.6. The van der Waals surface area contributed by atoms with Crippen LogP contribution in [0.4, 0.5) is 5.00 Å². The molecule has 1 heterocycles. The molecule has 0 saturated carbocycles. The van der Waals surface area contributed by atoms with Gasteiger partial charge in [-0.15, -0.1) is 11.3 Å². The second-order valence-corrected chi connectivity index (χ2v) is 9.39. The third-order valence-corrected chi connectivity index (χ3v) is 7.37. The fourth-order valence-electron chi connectivity index (χ4n) is 4.70. The molecule has 33 heavy (non-hydrogen) atoms. The van der Waals surface area contributed by atoms with Crippen molar-refractivity contribution in [2.24, 2.45) is 5.92 Å². The molecule has 0 radical (unpaired) electrons. The van der Waals surface area contributed by atoms with E-state index in [2.05, 4.69) is 5.32 Å². The van der Waals surface area contributed by atoms with E-state index >= 15 is 0 Å². The van der Waals surface area contributed by atoms with Gasteiger partial charge >= 0.3 is 11.9 Å². The zero-order chi connectivity index (χ0) is 23.4. The zero-order valence-electron chi connectivity index (χ0n) is 19.0. The number of esters is 2. The Labute approximate surface area is 198 Å². The first-order valence-corrected chi connectivity index (χ1v) is 12.4. The van der Waals surface area contributed by atoms with Crippen LogP contribution in [0.5, 0.6) is 0 Å². The number of hydrogen-bond donors (Lipinski definition) is 1. The summed E-state index contributed by atoms with van der Waals surface area (Å²) in [5.74, 6) is -2.32. The van der Waals surface area contributed by atoms with Gasteiger partial charge in [0.2, 0.25) is 0 Å². The number of fused-ring (bicyclic) bond motifs is 1. The van der Waals surface area contributed by atoms with E-state index in [0.717, 1.165) is 41.8 Å². The van der Waals surface area contributed by atoms with E-state index in [4.69, 9.17) is 9.47 Å². The first kappa shape index (κ1) is 23.2. The summed E-state index contributed by atoms with van der Waals surface area (Å²) in [6.07, 6.45) is 5.92. The van der Waals surface area contributed by atoms with Crippen molar-refractivity contribution in [2.75, 3.05) is 18.5 Å². The average Bonchev–Trinajstić information content (AvgIpc) is 3.17. The molecule has 0 saturated heterocycles. The van der Waals surface area contributed by atoms with Gasteiger partial charge in [0.15, 0.2) is 5.78 Å². The summed E-state index contributed by atoms with van der Waals surface area (Å²) in [6.45, 7) is 4.07. The summed E-state index contributed by atoms with van der Waals surface area (Å²) in [7, 11) is 0. The van der Waals surface area contributed by atoms with Crippen LogP contribution in [-0.2, 0) is 31.9 Å². The van der Waals surface area contributed by atoms with Crippen molar-refractivity contribution in [2.45, 2.75) is 51.9 Å². The Hall–Kier alpha value is -2.93. The van der Waals surface area contributed by atoms with Crippen molar-refractivity contribution >= 4 is 34.1 Å². The first-order chi connectivity index (χ1) is 16.0. The number of nitrogens with one attached hydrogen (secondary N) is 1. The predicted molar refractivity (Wildman–Crippen MR) is 128 cm³/mol. The molecule has 1 N–H and O–H groups in total. The minimum atomic E-state index is -0.876. The second-order valence-electron chi connectivity index (χ2n) is 8.28. The first-order valence-electron chi connectivity index (χ1n) is 11.6. The van der Waals surface area contributed by atoms with Crippen LogP contribution in [0, 0.1) is 5.92 Å². The van der Waals surface area contributed by atoms with Gasteiger partial charge in [0.25, 0.3) is 0 Å². The summed E-state index contributed by atoms with van der Waals surface area (Å²) in [4.78, 5) is 39.8. The van der Waals surface area contributed by atoms with Crippen LogP contribution < -0.4 is 5.32 Å². The van der Waals surface area contributed by atoms with E-state index in [1.54, 1.807) is 25.2 Å². The molecule has 7 heteroatoms. The number of benzene rings is 1. The summed E-state index contributed by atoms with van der Waals surface area (Å²) >= 11 is 1.57. The van der Waals surface area contributed by atoms with Gasteiger partial charge in [0.1, 0.15) is 10.9 Å². The second kappa shape index (κ2) is 10.3. The molecular formula is C26H29NO5S. The molecule has 2 atom stereocenters. The lowest BCUT2D eigenvalue weighted by Gasteiger charge is -2.29. The molecule has 2 aliphatic carbocycles. The quantitative estimate of drug-likeness (QED) is 0.454. The Balaban J connectivity index is 1.68. The van der Waals surface area contributed by atoms with Crippen LogP contribution in [0.15, 0.2) is 42.1 Å². The highest BCUT2D eigenvalue weighted by Crippen LogP contribution is 2.42. The van der Waals surface area contributed by atoms with Gasteiger partial charge in [-0.25, -0.2) is 4.79 Å². The molecule has 0 fully saturated rings. The van der Waals surface area contributed by atoms with Crippen LogP contribution in [-0.4, -0.2) is 30.9 Å². The van der Waals surface area contributed by atoms with Crippen LogP contribution >= 0.6 is 11.3 Å². The molecular weight excluding hydrogens is 438 g/mol. The van der Waals surface area contributed by atoms with Gasteiger partial charge in [-0.1, -0.05) is 30.3 Å². The Morgan fingerprint density at radius 3 is 2.52 bits per heavy atom. The number of allylic oxidation sites excluding steroid dienone is 2. The van der Waals surface area contributed by atoms with E-state index in [1.807, 2.05) is 30.3 Å². The van der Waals surface area contributed by atoms with Gasteiger partial charge in [-0.05, 0) is 57.1 Å². The van der Waals surface area contributed by atoms with E-state index in [1.165, 1.54) is 11.0 Å². The van der Waals surface area contributed by atoms with E-state index in [-0.39, 0.29) is 24.3 Å². The van der Waals surface area contributed by atoms with Gasteiger partial charge in [0.05, 0.1) is 18.8 Å². The van der Waals surface area contributed by atoms with Gasteiger partial charge in [-0.2, -0.15) is 0 Å². The minimum absolute atomic E-state index is 0.225. The molecule has 0 amide bonds. The molecule has 0 unspecified atom stereocenters. The third-order valence-electron chi connectivity index (χ3n) is 6.16. The van der Waals surface area contributed by atoms with E-state index < -0.39 is 11.9 Å². The summed E-state index contributed by atoms with van der Waals surface area (Å²) in [5, 5.41) is 4.10. The number of ether oxygens (including phenoxy) is 2. The van der Waals surface area contributed by atoms with Crippen LogP contribution in [0.3, 0.4) is 0 Å². The normalized spacial score (nSPS) is 19.9. The lowest BCUT2D eigenvalue weighted by atomic mass is 9.76. The third kappa shape index (κ3) is 4.88. The van der Waals surface area contributed by atoms with E-state index in [9.17, 15) is 14.4 Å². The Bertz CT molecular complexity index is 1070. The van der Waals surface area contributed by atoms with Crippen molar-refractivity contribution in [3.63, 3.8) is 0 Å². The Kier molecular flexibility index (Phi) is 7.28. The van der Waals surface area contributed by atoms with Gasteiger partial charge in [-0.3, -0.25) is 9.59 Å². The molecule has 2 aliphatic rings. The predicted octanol–water partition coefficient (Wildman–Crippen LogP) is 5.04. The number of ketones is 1. The van der Waals surface area contributed by atoms with Crippen LogP contribution in [0.1, 0.15) is 65.4 Å². The van der Waals surface area contributed by atoms with Crippen molar-refractivity contribution in [3.8, 4) is 0 Å². The average molecular weight is 468 g/mol. The number of hydrogen-bond acceptors (Lipinski definition) is 7. The maximum atomic E-state index is 13.1. The molecule has 6 nitrogen and oxygen atoms in total. The number of anilines is 1. The fraction of sp³-hybridized carbons (Fsp3) is 0.423. The van der Waals surface area contributed by atoms with Crippen LogP contribution in [0.25, 0.3) is 0 Å². The lowest BCUT2D eigenvalue weighted by molar-refractivity contribution is -0.151. The zero-order valence-corrected chi connectivity index (χ0v) is 19.8. The molecule has 0 spiro atoms. The molecule has 1 aromatic carbocycles. The highest BCUT2D eigenvalue weighted by atomic mass is 32.1. The fourth-order valence-corrected chi connectivity index (χ4v) is 6.01. The molecule has 0 bridgehead atoms. The van der Waals surface area contributed by atoms with Crippen molar-refractivity contribution in [1.29, 1.82) is 0 Å². The topological polar surface area (TPSA) is 81.7 Å². The molecule has 2 aromatic rings. The monoisotopic (exact) mass is 467 g/mol. The Morgan fingerprint density at radius 2 is 1.79 bits per heavy atom. The maximum Gasteiger partial charge on any atom is 0.341 e. The number of carbonyl (C=O) groups is 3. The lowest BCUT2D eigenvalue weighted by Crippen LogP contribution is -2.35. The Morgan fingerprint density at radius 1 is 1.06 bits per heavy atom. The van der Waals surface area contributed by atoms with Crippen molar-refractivity contribution < 1.29 is 23.9 Å². The van der Waals surface area contributed by atoms with E-state index in [0.29, 0.717) is 24.3 Å². The van der Waals surface area contributed by atoms with Crippen molar-refractivity contribution in [1.82, 2.24) is 0 Å². The standard InChI is InChI=1S/C26H29NO5S/c1-3-31-25(29)22-19(16-10-6-5-7-11-16)14-17(15-20(22)28)27-24-23(26(30)32-4-2)18-12-8-9-13-21(18)33-24/h5-7,10-11,15,19,22,27H,3-4,8-9,12-14H2,1-2H3/t19-,22-/m1/s1. The summed E-state index contributed by atoms with van der Waals surface area (Å²) in [6, 6.07) is 9.57. The largest absolute Gasteiger partial charge is 0.465 e. The SMILES string of the molecule is CCOC(=O)c1c(NC2=CC(=O)[C@H](C(=O)OCC)[C@@H](c3ccccc3)C2)sc2c1CCCC2. The molecule has 1 aromatic heterocycles. The van der Waals surface area contributed by atoms with Gasteiger partial charge < -0.3 is 14.8 Å². The number of aryl methyl sites for hydroxylation is 1. The van der Waals surface area contributed by atoms with Gasteiger partial charge in [0, 0.05) is 22.6 Å². The highest BCUT2D eigenvalue weighted by molar-refractivity contribution is 7.16. The molecule has 174 valence electrons. The minimum Gasteiger partial charge on any atom is -0.465 e. The number of carbonyl (C=O) groups excluding carboxylic acids is 3. The maximum absolute atomic E-state index is 13.1.